The minimum Gasteiger partial charge on any atom is -0.340 e. The minimum atomic E-state index is -0.216. The van der Waals surface area contributed by atoms with Gasteiger partial charge in [0, 0.05) is 62.7 Å². The van der Waals surface area contributed by atoms with Gasteiger partial charge in [-0.05, 0) is 24.5 Å². The molecule has 4 unspecified atom stereocenters. The summed E-state index contributed by atoms with van der Waals surface area (Å²) in [7, 11) is 0. The molecule has 0 bridgehead atoms. The Morgan fingerprint density at radius 3 is 2.65 bits per heavy atom. The van der Waals surface area contributed by atoms with Gasteiger partial charge in [-0.15, -0.1) is 0 Å². The van der Waals surface area contributed by atoms with Crippen molar-refractivity contribution in [3.63, 3.8) is 0 Å². The molecule has 1 aromatic carbocycles. The maximum Gasteiger partial charge on any atom is 0.228 e. The zero-order valence-electron chi connectivity index (χ0n) is 17.9. The normalized spacial score (nSPS) is 31.8. The summed E-state index contributed by atoms with van der Waals surface area (Å²) >= 11 is 6.30. The van der Waals surface area contributed by atoms with Gasteiger partial charge in [0.15, 0.2) is 0 Å². The molecule has 5 rings (SSSR count). The molecule has 4 atom stereocenters. The standard InChI is InChI=1S/C23H32ClN5O2/c24-19-7-3-1-5-16(19)14-27-9-11-28(12-10-27)23(31)17-13-21(30)29(15-17)22-18-6-2-4-8-20(18)25-26-22/h1,3,5,7,17-18,20,22,25-26H,2,4,6,8-15H2. The van der Waals surface area contributed by atoms with Crippen molar-refractivity contribution in [3.05, 3.63) is 34.9 Å². The van der Waals surface area contributed by atoms with Crippen molar-refractivity contribution >= 4 is 23.4 Å². The van der Waals surface area contributed by atoms with Crippen LogP contribution in [0.25, 0.3) is 0 Å². The monoisotopic (exact) mass is 445 g/mol. The maximum atomic E-state index is 13.2. The molecular formula is C23H32ClN5O2. The number of piperazine rings is 1. The molecular weight excluding hydrogens is 414 g/mol. The molecule has 0 radical (unpaired) electrons. The summed E-state index contributed by atoms with van der Waals surface area (Å²) in [5.41, 5.74) is 7.87. The number of nitrogens with one attached hydrogen (secondary N) is 2. The van der Waals surface area contributed by atoms with E-state index in [0.717, 1.165) is 43.1 Å². The first-order chi connectivity index (χ1) is 15.1. The fourth-order valence-electron chi connectivity index (χ4n) is 5.74. The predicted molar refractivity (Wildman–Crippen MR) is 119 cm³/mol. The highest BCUT2D eigenvalue weighted by Crippen LogP contribution is 2.34. The molecule has 2 N–H and O–H groups in total. The molecule has 3 saturated heterocycles. The first-order valence-electron chi connectivity index (χ1n) is 11.7. The zero-order valence-corrected chi connectivity index (χ0v) is 18.7. The average Bonchev–Trinajstić information content (AvgIpc) is 3.38. The summed E-state index contributed by atoms with van der Waals surface area (Å²) in [4.78, 5) is 32.2. The first kappa shape index (κ1) is 21.2. The Balaban J connectivity index is 1.14. The van der Waals surface area contributed by atoms with Gasteiger partial charge >= 0.3 is 0 Å². The average molecular weight is 446 g/mol. The molecule has 1 aromatic rings. The zero-order chi connectivity index (χ0) is 21.4. The van der Waals surface area contributed by atoms with Crippen LogP contribution in [0.1, 0.15) is 37.7 Å². The number of halogens is 1. The van der Waals surface area contributed by atoms with E-state index in [1.807, 2.05) is 28.0 Å². The number of nitrogens with zero attached hydrogens (tertiary/aromatic N) is 3. The second kappa shape index (κ2) is 9.06. The number of hydrogen-bond donors (Lipinski definition) is 2. The van der Waals surface area contributed by atoms with E-state index in [2.05, 4.69) is 21.8 Å². The molecule has 8 heteroatoms. The van der Waals surface area contributed by atoms with Crippen molar-refractivity contribution in [2.45, 2.75) is 50.9 Å². The number of fused-ring (bicyclic) bond motifs is 1. The molecule has 3 heterocycles. The summed E-state index contributed by atoms with van der Waals surface area (Å²) in [5.74, 6) is 0.493. The number of benzene rings is 1. The van der Waals surface area contributed by atoms with Gasteiger partial charge in [0.1, 0.15) is 0 Å². The molecule has 31 heavy (non-hydrogen) atoms. The van der Waals surface area contributed by atoms with E-state index in [9.17, 15) is 9.59 Å². The van der Waals surface area contributed by atoms with Crippen molar-refractivity contribution in [3.8, 4) is 0 Å². The number of amides is 2. The first-order valence-corrected chi connectivity index (χ1v) is 12.0. The minimum absolute atomic E-state index is 0.0306. The summed E-state index contributed by atoms with van der Waals surface area (Å²) < 4.78 is 0. The number of hydrazine groups is 1. The van der Waals surface area contributed by atoms with Crippen LogP contribution in [0.4, 0.5) is 0 Å². The molecule has 4 fully saturated rings. The second-order valence-corrected chi connectivity index (χ2v) is 9.84. The van der Waals surface area contributed by atoms with E-state index in [1.165, 1.54) is 12.8 Å². The van der Waals surface area contributed by atoms with Gasteiger partial charge in [0.25, 0.3) is 0 Å². The van der Waals surface area contributed by atoms with Crippen LogP contribution in [0.5, 0.6) is 0 Å². The number of rotatable bonds is 4. The molecule has 7 nitrogen and oxygen atoms in total. The lowest BCUT2D eigenvalue weighted by Crippen LogP contribution is -2.51. The highest BCUT2D eigenvalue weighted by atomic mass is 35.5. The van der Waals surface area contributed by atoms with Crippen molar-refractivity contribution in [1.29, 1.82) is 0 Å². The molecule has 1 aliphatic carbocycles. The largest absolute Gasteiger partial charge is 0.340 e. The van der Waals surface area contributed by atoms with E-state index < -0.39 is 0 Å². The van der Waals surface area contributed by atoms with Crippen LogP contribution in [0, 0.1) is 11.8 Å². The Bertz CT molecular complexity index is 828. The summed E-state index contributed by atoms with van der Waals surface area (Å²) in [6.07, 6.45) is 5.16. The van der Waals surface area contributed by atoms with Crippen LogP contribution in [-0.4, -0.2) is 71.4 Å². The number of carbonyl (C=O) groups is 2. The maximum absolute atomic E-state index is 13.2. The quantitative estimate of drug-likeness (QED) is 0.740. The molecule has 0 aromatic heterocycles. The van der Waals surface area contributed by atoms with Gasteiger partial charge in [-0.3, -0.25) is 19.9 Å². The lowest BCUT2D eigenvalue weighted by atomic mass is 9.84. The lowest BCUT2D eigenvalue weighted by Gasteiger charge is -2.36. The Morgan fingerprint density at radius 2 is 1.84 bits per heavy atom. The Hall–Kier alpha value is -1.67. The van der Waals surface area contributed by atoms with Gasteiger partial charge in [-0.25, -0.2) is 5.43 Å². The molecule has 3 aliphatic heterocycles. The number of likely N-dealkylation sites (tertiary alicyclic amines) is 1. The van der Waals surface area contributed by atoms with Crippen molar-refractivity contribution in [1.82, 2.24) is 25.6 Å². The SMILES string of the molecule is O=C(C1CC(=O)N(C2NNC3CCCCC32)C1)N1CCN(Cc2ccccc2Cl)CC1. The van der Waals surface area contributed by atoms with E-state index in [1.54, 1.807) is 0 Å². The second-order valence-electron chi connectivity index (χ2n) is 9.43. The van der Waals surface area contributed by atoms with Crippen molar-refractivity contribution in [2.24, 2.45) is 11.8 Å². The molecule has 2 amide bonds. The Labute approximate surface area is 189 Å². The molecule has 168 valence electrons. The third-order valence-corrected chi connectivity index (χ3v) is 7.89. The van der Waals surface area contributed by atoms with E-state index in [0.29, 0.717) is 38.0 Å². The van der Waals surface area contributed by atoms with Crippen LogP contribution in [0.15, 0.2) is 24.3 Å². The van der Waals surface area contributed by atoms with Crippen molar-refractivity contribution < 1.29 is 9.59 Å². The van der Waals surface area contributed by atoms with E-state index >= 15 is 0 Å². The summed E-state index contributed by atoms with van der Waals surface area (Å²) in [6.45, 7) is 4.43. The third kappa shape index (κ3) is 4.33. The van der Waals surface area contributed by atoms with Crippen LogP contribution in [-0.2, 0) is 16.1 Å². The highest BCUT2D eigenvalue weighted by molar-refractivity contribution is 6.31. The van der Waals surface area contributed by atoms with E-state index in [-0.39, 0.29) is 23.9 Å². The summed E-state index contributed by atoms with van der Waals surface area (Å²) in [6, 6.07) is 8.38. The van der Waals surface area contributed by atoms with Crippen LogP contribution in [0.2, 0.25) is 5.02 Å². The van der Waals surface area contributed by atoms with Gasteiger partial charge in [0.05, 0.1) is 12.1 Å². The molecule has 1 saturated carbocycles. The summed E-state index contributed by atoms with van der Waals surface area (Å²) in [5, 5.41) is 0.792. The fraction of sp³-hybridized carbons (Fsp3) is 0.652. The third-order valence-electron chi connectivity index (χ3n) is 7.52. The topological polar surface area (TPSA) is 67.9 Å². The fourth-order valence-corrected chi connectivity index (χ4v) is 5.94. The van der Waals surface area contributed by atoms with Gasteiger partial charge in [-0.1, -0.05) is 42.6 Å². The van der Waals surface area contributed by atoms with Crippen LogP contribution >= 0.6 is 11.6 Å². The predicted octanol–water partition coefficient (Wildman–Crippen LogP) is 1.83. The number of carbonyl (C=O) groups excluding carboxylic acids is 2. The molecule has 4 aliphatic rings. The van der Waals surface area contributed by atoms with Gasteiger partial charge in [0.2, 0.25) is 11.8 Å². The van der Waals surface area contributed by atoms with E-state index in [4.69, 9.17) is 11.6 Å². The lowest BCUT2D eigenvalue weighted by molar-refractivity contribution is -0.137. The smallest absolute Gasteiger partial charge is 0.228 e. The highest BCUT2D eigenvalue weighted by Gasteiger charge is 2.46. The Kier molecular flexibility index (Phi) is 6.19. The molecule has 0 spiro atoms. The van der Waals surface area contributed by atoms with Gasteiger partial charge < -0.3 is 9.80 Å². The van der Waals surface area contributed by atoms with Crippen molar-refractivity contribution in [2.75, 3.05) is 32.7 Å². The van der Waals surface area contributed by atoms with Gasteiger partial charge in [-0.2, -0.15) is 0 Å². The number of hydrogen-bond acceptors (Lipinski definition) is 5. The van der Waals surface area contributed by atoms with Crippen LogP contribution < -0.4 is 10.9 Å². The van der Waals surface area contributed by atoms with Crippen LogP contribution in [0.3, 0.4) is 0 Å². The Morgan fingerprint density at radius 1 is 1.06 bits per heavy atom.